The van der Waals surface area contributed by atoms with Crippen LogP contribution in [0.25, 0.3) is 83.0 Å². The van der Waals surface area contributed by atoms with Gasteiger partial charge in [-0.2, -0.15) is 0 Å². The Morgan fingerprint density at radius 3 is 0.798 bits per heavy atom. The molecule has 36 heteroatoms. The van der Waals surface area contributed by atoms with E-state index in [1.807, 2.05) is 0 Å². The number of aromatic nitrogens is 9. The quantitative estimate of drug-likeness (QED) is 0.0254. The number of amides is 3. The Morgan fingerprint density at radius 2 is 0.581 bits per heavy atom. The number of aryl methyl sites for hydroxylation is 6. The van der Waals surface area contributed by atoms with Gasteiger partial charge in [-0.15, -0.1) is 0 Å². The fraction of sp³-hybridized carbons (Fsp3) is 0.226. The Bertz CT molecular complexity index is 6560. The summed E-state index contributed by atoms with van der Waals surface area (Å²) >= 11 is 0. The van der Waals surface area contributed by atoms with Gasteiger partial charge in [-0.05, 0) is 206 Å². The lowest BCUT2D eigenvalue weighted by atomic mass is 9.98. The van der Waals surface area contributed by atoms with E-state index in [-0.39, 0.29) is 71.1 Å². The van der Waals surface area contributed by atoms with Crippen LogP contribution < -0.4 is 48.6 Å². The largest absolute Gasteiger partial charge is 0.480 e. The van der Waals surface area contributed by atoms with Gasteiger partial charge in [-0.3, -0.25) is 28.8 Å². The SMILES string of the molecule is Cc1c(-c2ccc(C[C@H](NC(=O)c3c(F)cc(NC(C)C)cc3F)C(=O)O)n3ccnc23)c(=O)n(C)c2ccc(F)cc12.Cc1c(-c2ccc(C[C@H](NC(=O)c3c(F)cc(NC(C)C)cc3F)C(=O)O)n3ccnc23)c(=O)n(C)c2ccc(F)cc12.Cc1c(-c2ccc(C[C@H](NC(=O)c3c(F)cc(NC(C)C)cc3F)C(=O)O)n3ccnc23)c(=O)n(C)c2ccc(F)cc12. The molecule has 15 rings (SSSR count). The van der Waals surface area contributed by atoms with E-state index in [9.17, 15) is 98.0 Å². The molecule has 27 nitrogen and oxygen atoms in total. The number of hydrogen-bond donors (Lipinski definition) is 9. The summed E-state index contributed by atoms with van der Waals surface area (Å²) in [5.41, 5.74) is 4.41. The van der Waals surface area contributed by atoms with Crippen LogP contribution in [0.1, 0.15) is 106 Å². The molecule has 9 N–H and O–H groups in total. The molecule has 3 atom stereocenters. The van der Waals surface area contributed by atoms with Gasteiger partial charge >= 0.3 is 17.9 Å². The van der Waals surface area contributed by atoms with Crippen LogP contribution in [0.2, 0.25) is 0 Å². The molecule has 9 aromatic heterocycles. The summed E-state index contributed by atoms with van der Waals surface area (Å²) in [5, 5.41) is 46.5. The van der Waals surface area contributed by atoms with Crippen LogP contribution >= 0.6 is 0 Å². The fourth-order valence-electron chi connectivity index (χ4n) is 15.8. The third-order valence-corrected chi connectivity index (χ3v) is 21.8. The predicted molar refractivity (Wildman–Crippen MR) is 467 cm³/mol. The fourth-order valence-corrected chi connectivity index (χ4v) is 15.8. The maximum absolute atomic E-state index is 14.7. The standard InChI is InChI=1S/3C31H28F3N5O4/c3*1-15(2)36-18-12-22(33)27(23(34)13-18)29(40)37-24(31(42)43)14-19-6-7-20(28-35-9-10-39(19)28)26-16(3)21-11-17(32)5-8-25(21)38(4)30(26)41/h3*5-13,15,24,36H,14H2,1-4H3,(H,37,40)(H,42,43)/t3*24-/m000/s1. The number of benzene rings is 6. The van der Waals surface area contributed by atoms with E-state index >= 15 is 0 Å². The highest BCUT2D eigenvalue weighted by atomic mass is 19.2. The van der Waals surface area contributed by atoms with Gasteiger partial charge in [-0.25, -0.2) is 68.8 Å². The molecule has 0 aliphatic heterocycles. The lowest BCUT2D eigenvalue weighted by Crippen LogP contribution is -2.43. The van der Waals surface area contributed by atoms with E-state index < -0.39 is 123 Å². The van der Waals surface area contributed by atoms with Crippen LogP contribution in [0, 0.1) is 73.1 Å². The first-order valence-electron chi connectivity index (χ1n) is 40.2. The van der Waals surface area contributed by atoms with Gasteiger partial charge in [0, 0.05) is 163 Å². The van der Waals surface area contributed by atoms with Crippen molar-refractivity contribution >= 4 is 102 Å². The Hall–Kier alpha value is -15.4. The summed E-state index contributed by atoms with van der Waals surface area (Å²) in [6.07, 6.45) is 8.27. The zero-order valence-corrected chi connectivity index (χ0v) is 71.1. The number of anilines is 3. The Kier molecular flexibility index (Phi) is 26.2. The molecule has 15 aromatic rings. The number of pyridine rings is 6. The monoisotopic (exact) mass is 1770 g/mol. The molecule has 9 heterocycles. The Morgan fingerprint density at radius 1 is 0.349 bits per heavy atom. The van der Waals surface area contributed by atoms with Crippen LogP contribution in [0.15, 0.2) is 179 Å². The maximum atomic E-state index is 14.7. The molecular formula is C93H84F9N15O12. The van der Waals surface area contributed by atoms with Crippen molar-refractivity contribution in [3.63, 3.8) is 0 Å². The average molecular weight is 1770 g/mol. The molecule has 0 radical (unpaired) electrons. The zero-order chi connectivity index (χ0) is 93.5. The van der Waals surface area contributed by atoms with Gasteiger partial charge in [0.25, 0.3) is 34.4 Å². The molecule has 0 fully saturated rings. The molecule has 0 aliphatic rings. The van der Waals surface area contributed by atoms with Crippen molar-refractivity contribution in [3.05, 3.63) is 298 Å². The van der Waals surface area contributed by atoms with E-state index in [4.69, 9.17) is 0 Å². The second-order valence-corrected chi connectivity index (χ2v) is 31.7. The molecule has 3 amide bonds. The summed E-state index contributed by atoms with van der Waals surface area (Å²) in [6.45, 7) is 15.8. The topological polar surface area (TPSA) is 353 Å². The maximum Gasteiger partial charge on any atom is 0.326 e. The number of rotatable bonds is 24. The summed E-state index contributed by atoms with van der Waals surface area (Å²) in [4.78, 5) is 128. The lowest BCUT2D eigenvalue weighted by molar-refractivity contribution is -0.140. The predicted octanol–water partition coefficient (Wildman–Crippen LogP) is 14.5. The molecule has 129 heavy (non-hydrogen) atoms. The number of carboxylic acids is 3. The number of carbonyl (C=O) groups excluding carboxylic acids is 3. The molecule has 0 aliphatic carbocycles. The molecule has 666 valence electrons. The smallest absolute Gasteiger partial charge is 0.326 e. The molecule has 0 saturated heterocycles. The van der Waals surface area contributed by atoms with Crippen LogP contribution in [0.5, 0.6) is 0 Å². The minimum atomic E-state index is -1.56. The van der Waals surface area contributed by atoms with E-state index in [2.05, 4.69) is 46.9 Å². The second kappa shape index (κ2) is 37.0. The third kappa shape index (κ3) is 18.5. The normalized spacial score (nSPS) is 12.2. The first kappa shape index (κ1) is 91.3. The van der Waals surface area contributed by atoms with Crippen molar-refractivity contribution in [1.82, 2.24) is 57.8 Å². The van der Waals surface area contributed by atoms with Gasteiger partial charge < -0.3 is 74.1 Å². The number of imidazole rings is 3. The van der Waals surface area contributed by atoms with Gasteiger partial charge in [0.1, 0.15) is 104 Å². The molecular weight excluding hydrogens is 1690 g/mol. The number of nitrogens with one attached hydrogen (secondary N) is 6. The van der Waals surface area contributed by atoms with Gasteiger partial charge in [0.2, 0.25) is 0 Å². The Balaban J connectivity index is 0.000000165. The number of hydrogen-bond acceptors (Lipinski definition) is 15. The van der Waals surface area contributed by atoms with Crippen molar-refractivity contribution in [1.29, 1.82) is 0 Å². The summed E-state index contributed by atoms with van der Waals surface area (Å²) in [5.74, 6) is -16.1. The number of fused-ring (bicyclic) bond motifs is 6. The van der Waals surface area contributed by atoms with Crippen molar-refractivity contribution < 1.29 is 83.6 Å². The highest BCUT2D eigenvalue weighted by Gasteiger charge is 2.33. The molecule has 0 spiro atoms. The van der Waals surface area contributed by atoms with E-state index in [0.29, 0.717) is 117 Å². The van der Waals surface area contributed by atoms with Crippen LogP contribution in [0.3, 0.4) is 0 Å². The first-order valence-corrected chi connectivity index (χ1v) is 40.2. The third-order valence-electron chi connectivity index (χ3n) is 21.8. The van der Waals surface area contributed by atoms with Crippen molar-refractivity contribution in [2.45, 2.75) is 118 Å². The average Bonchev–Trinajstić information content (AvgIpc) is 1.64. The molecule has 0 unspecified atom stereocenters. The van der Waals surface area contributed by atoms with Crippen molar-refractivity contribution in [2.75, 3.05) is 16.0 Å². The molecule has 0 bridgehead atoms. The van der Waals surface area contributed by atoms with Gasteiger partial charge in [0.15, 0.2) is 0 Å². The summed E-state index contributed by atoms with van der Waals surface area (Å²) in [6, 6.07) is 22.8. The highest BCUT2D eigenvalue weighted by Crippen LogP contribution is 2.36. The zero-order valence-electron chi connectivity index (χ0n) is 71.1. The molecule has 0 saturated carbocycles. The van der Waals surface area contributed by atoms with Crippen molar-refractivity contribution in [2.24, 2.45) is 21.1 Å². The number of halogens is 9. The first-order chi connectivity index (χ1) is 61.1. The highest BCUT2D eigenvalue weighted by molar-refractivity contribution is 6.01. The van der Waals surface area contributed by atoms with Crippen LogP contribution in [0.4, 0.5) is 56.6 Å². The van der Waals surface area contributed by atoms with Gasteiger partial charge in [-0.1, -0.05) is 0 Å². The van der Waals surface area contributed by atoms with Crippen LogP contribution in [-0.2, 0) is 54.8 Å². The van der Waals surface area contributed by atoms with E-state index in [1.54, 1.807) is 152 Å². The van der Waals surface area contributed by atoms with Gasteiger partial charge in [0.05, 0.1) is 33.2 Å². The number of nitrogens with zero attached hydrogens (tertiary/aromatic N) is 9. The number of carbonyl (C=O) groups is 6. The minimum Gasteiger partial charge on any atom is -0.480 e. The number of aliphatic carboxylic acids is 3. The summed E-state index contributed by atoms with van der Waals surface area (Å²) in [7, 11) is 4.76. The van der Waals surface area contributed by atoms with Crippen molar-refractivity contribution in [3.8, 4) is 33.4 Å². The molecule has 6 aromatic carbocycles. The lowest BCUT2D eigenvalue weighted by Gasteiger charge is -2.18. The second-order valence-electron chi connectivity index (χ2n) is 31.7. The number of carboxylic acid groups (broad SMARTS) is 3. The van der Waals surface area contributed by atoms with E-state index in [1.165, 1.54) is 86.9 Å². The van der Waals surface area contributed by atoms with E-state index in [0.717, 1.165) is 36.4 Å². The minimum absolute atomic E-state index is 0.113. The van der Waals surface area contributed by atoms with Crippen LogP contribution in [-0.4, -0.2) is 129 Å². The summed E-state index contributed by atoms with van der Waals surface area (Å²) < 4.78 is 140. The Labute approximate surface area is 727 Å².